The molecule has 0 aromatic heterocycles. The number of likely N-dealkylation sites (N-methyl/N-ethyl adjacent to an activating group) is 1. The average Bonchev–Trinajstić information content (AvgIpc) is 2.45. The van der Waals surface area contributed by atoms with Gasteiger partial charge < -0.3 is 19.9 Å². The number of ether oxygens (including phenoxy) is 1. The Balaban J connectivity index is 2.39. The van der Waals surface area contributed by atoms with Crippen molar-refractivity contribution in [1.82, 2.24) is 15.1 Å². The Morgan fingerprint density at radius 3 is 2.29 bits per heavy atom. The summed E-state index contributed by atoms with van der Waals surface area (Å²) in [5.74, 6) is 0.565. The lowest BCUT2D eigenvalue weighted by Gasteiger charge is -2.37. The molecule has 1 atom stereocenters. The first-order chi connectivity index (χ1) is 9.91. The summed E-state index contributed by atoms with van der Waals surface area (Å²) in [5.41, 5.74) is -0.571. The molecule has 0 aromatic rings. The van der Waals surface area contributed by atoms with Crippen LogP contribution in [0.15, 0.2) is 0 Å². The average molecular weight is 299 g/mol. The second-order valence-electron chi connectivity index (χ2n) is 6.64. The molecule has 0 saturated carbocycles. The number of piperazine rings is 1. The van der Waals surface area contributed by atoms with Gasteiger partial charge in [0, 0.05) is 39.3 Å². The van der Waals surface area contributed by atoms with E-state index < -0.39 is 5.54 Å². The number of carbonyl (C=O) groups excluding carboxylic acids is 1. The molecule has 1 rings (SSSR count). The Bertz CT molecular complexity index is 315. The molecule has 0 aliphatic carbocycles. The highest BCUT2D eigenvalue weighted by Gasteiger charge is 2.33. The van der Waals surface area contributed by atoms with Gasteiger partial charge in [0.05, 0.1) is 7.11 Å². The molecule has 1 aliphatic heterocycles. The molecule has 1 fully saturated rings. The lowest BCUT2D eigenvalue weighted by molar-refractivity contribution is -0.148. The second-order valence-corrected chi connectivity index (χ2v) is 6.64. The number of carbonyl (C=O) groups is 1. The van der Waals surface area contributed by atoms with Gasteiger partial charge in [-0.3, -0.25) is 4.79 Å². The molecule has 1 saturated heterocycles. The van der Waals surface area contributed by atoms with Crippen molar-refractivity contribution in [2.45, 2.75) is 39.7 Å². The van der Waals surface area contributed by atoms with Crippen LogP contribution in [0.5, 0.6) is 0 Å². The van der Waals surface area contributed by atoms with Crippen LogP contribution >= 0.6 is 0 Å². The number of methoxy groups -OCH3 is 1. The lowest BCUT2D eigenvalue weighted by atomic mass is 9.97. The maximum Gasteiger partial charge on any atom is 0.325 e. The number of nitrogens with zero attached hydrogens (tertiary/aromatic N) is 2. The topological polar surface area (TPSA) is 44.8 Å². The SMILES string of the molecule is CCNC(C)(CCN1CCN(CC(C)C)CC1)C(=O)OC. The first kappa shape index (κ1) is 18.4. The van der Waals surface area contributed by atoms with E-state index in [0.717, 1.165) is 51.6 Å². The molecule has 0 amide bonds. The Morgan fingerprint density at radius 1 is 1.24 bits per heavy atom. The summed E-state index contributed by atoms with van der Waals surface area (Å²) in [6.07, 6.45) is 0.789. The van der Waals surface area contributed by atoms with Gasteiger partial charge in [0.25, 0.3) is 0 Å². The Hall–Kier alpha value is -0.650. The molecule has 1 N–H and O–H groups in total. The van der Waals surface area contributed by atoms with Gasteiger partial charge in [-0.1, -0.05) is 20.8 Å². The predicted octanol–water partition coefficient (Wildman–Crippen LogP) is 1.19. The Morgan fingerprint density at radius 2 is 1.81 bits per heavy atom. The van der Waals surface area contributed by atoms with E-state index in [1.54, 1.807) is 0 Å². The second kappa shape index (κ2) is 8.71. The van der Waals surface area contributed by atoms with Crippen molar-refractivity contribution in [1.29, 1.82) is 0 Å². The van der Waals surface area contributed by atoms with Crippen molar-refractivity contribution in [3.05, 3.63) is 0 Å². The fourth-order valence-corrected chi connectivity index (χ4v) is 2.97. The lowest BCUT2D eigenvalue weighted by Crippen LogP contribution is -2.54. The minimum atomic E-state index is -0.571. The molecule has 1 aliphatic rings. The Kier molecular flexibility index (Phi) is 7.63. The fraction of sp³-hybridized carbons (Fsp3) is 0.938. The summed E-state index contributed by atoms with van der Waals surface area (Å²) < 4.78 is 4.94. The van der Waals surface area contributed by atoms with E-state index in [9.17, 15) is 4.79 Å². The number of esters is 1. The van der Waals surface area contributed by atoms with E-state index in [1.807, 2.05) is 13.8 Å². The van der Waals surface area contributed by atoms with Crippen molar-refractivity contribution in [2.75, 3.05) is 52.9 Å². The third kappa shape index (κ3) is 5.93. The molecule has 0 aromatic carbocycles. The maximum atomic E-state index is 12.0. The summed E-state index contributed by atoms with van der Waals surface area (Å²) in [4.78, 5) is 16.9. The van der Waals surface area contributed by atoms with Crippen LogP contribution < -0.4 is 5.32 Å². The number of nitrogens with one attached hydrogen (secondary N) is 1. The van der Waals surface area contributed by atoms with Crippen LogP contribution in [0, 0.1) is 5.92 Å². The maximum absolute atomic E-state index is 12.0. The standard InChI is InChI=1S/C16H33N3O2/c1-6-17-16(4,15(20)21-5)7-8-18-9-11-19(12-10-18)13-14(2)3/h14,17H,6-13H2,1-5H3. The summed E-state index contributed by atoms with van der Waals surface area (Å²) in [7, 11) is 1.46. The van der Waals surface area contributed by atoms with E-state index in [2.05, 4.69) is 29.0 Å². The number of hydrogen-bond donors (Lipinski definition) is 1. The summed E-state index contributed by atoms with van der Waals surface area (Å²) in [5, 5.41) is 3.27. The van der Waals surface area contributed by atoms with Crippen LogP contribution in [-0.2, 0) is 9.53 Å². The highest BCUT2D eigenvalue weighted by atomic mass is 16.5. The van der Waals surface area contributed by atoms with Crippen LogP contribution in [0.2, 0.25) is 0 Å². The smallest absolute Gasteiger partial charge is 0.325 e. The van der Waals surface area contributed by atoms with Crippen molar-refractivity contribution in [2.24, 2.45) is 5.92 Å². The van der Waals surface area contributed by atoms with Crippen LogP contribution in [-0.4, -0.2) is 74.2 Å². The minimum Gasteiger partial charge on any atom is -0.468 e. The zero-order valence-electron chi connectivity index (χ0n) is 14.4. The highest BCUT2D eigenvalue weighted by molar-refractivity contribution is 5.80. The van der Waals surface area contributed by atoms with E-state index in [1.165, 1.54) is 13.7 Å². The molecule has 1 unspecified atom stereocenters. The molecule has 0 radical (unpaired) electrons. The third-order valence-corrected chi connectivity index (χ3v) is 4.22. The molecular weight excluding hydrogens is 266 g/mol. The third-order valence-electron chi connectivity index (χ3n) is 4.22. The zero-order valence-corrected chi connectivity index (χ0v) is 14.4. The summed E-state index contributed by atoms with van der Waals surface area (Å²) in [6, 6.07) is 0. The monoisotopic (exact) mass is 299 g/mol. The summed E-state index contributed by atoms with van der Waals surface area (Å²) >= 11 is 0. The van der Waals surface area contributed by atoms with Crippen LogP contribution in [0.4, 0.5) is 0 Å². The van der Waals surface area contributed by atoms with Gasteiger partial charge in [-0.2, -0.15) is 0 Å². The number of hydrogen-bond acceptors (Lipinski definition) is 5. The molecule has 0 spiro atoms. The summed E-state index contributed by atoms with van der Waals surface area (Å²) in [6.45, 7) is 15.8. The highest BCUT2D eigenvalue weighted by Crippen LogP contribution is 2.14. The normalized spacial score (nSPS) is 20.5. The van der Waals surface area contributed by atoms with Crippen LogP contribution in [0.3, 0.4) is 0 Å². The largest absolute Gasteiger partial charge is 0.468 e. The molecule has 5 nitrogen and oxygen atoms in total. The van der Waals surface area contributed by atoms with Crippen LogP contribution in [0.25, 0.3) is 0 Å². The van der Waals surface area contributed by atoms with Gasteiger partial charge in [0.2, 0.25) is 0 Å². The van der Waals surface area contributed by atoms with Crippen molar-refractivity contribution in [3.8, 4) is 0 Å². The van der Waals surface area contributed by atoms with E-state index in [4.69, 9.17) is 4.74 Å². The van der Waals surface area contributed by atoms with Crippen molar-refractivity contribution >= 4 is 5.97 Å². The molecular formula is C16H33N3O2. The van der Waals surface area contributed by atoms with Crippen LogP contribution in [0.1, 0.15) is 34.1 Å². The van der Waals surface area contributed by atoms with Gasteiger partial charge in [0.1, 0.15) is 5.54 Å². The van der Waals surface area contributed by atoms with Gasteiger partial charge in [-0.25, -0.2) is 0 Å². The zero-order chi connectivity index (χ0) is 15.9. The first-order valence-electron chi connectivity index (χ1n) is 8.19. The fourth-order valence-electron chi connectivity index (χ4n) is 2.97. The molecule has 21 heavy (non-hydrogen) atoms. The molecule has 0 bridgehead atoms. The van der Waals surface area contributed by atoms with E-state index in [-0.39, 0.29) is 5.97 Å². The number of rotatable bonds is 8. The predicted molar refractivity (Wildman–Crippen MR) is 86.4 cm³/mol. The van der Waals surface area contributed by atoms with Crippen molar-refractivity contribution in [3.63, 3.8) is 0 Å². The van der Waals surface area contributed by atoms with E-state index in [0.29, 0.717) is 0 Å². The van der Waals surface area contributed by atoms with E-state index >= 15 is 0 Å². The van der Waals surface area contributed by atoms with Gasteiger partial charge in [-0.05, 0) is 25.8 Å². The van der Waals surface area contributed by atoms with Crippen molar-refractivity contribution < 1.29 is 9.53 Å². The molecule has 5 heteroatoms. The van der Waals surface area contributed by atoms with Gasteiger partial charge in [-0.15, -0.1) is 0 Å². The molecule has 124 valence electrons. The van der Waals surface area contributed by atoms with Gasteiger partial charge >= 0.3 is 5.97 Å². The van der Waals surface area contributed by atoms with Gasteiger partial charge in [0.15, 0.2) is 0 Å². The minimum absolute atomic E-state index is 0.164. The first-order valence-corrected chi connectivity index (χ1v) is 8.19. The quantitative estimate of drug-likeness (QED) is 0.682. The Labute approximate surface area is 130 Å². The molecule has 1 heterocycles.